The summed E-state index contributed by atoms with van der Waals surface area (Å²) >= 11 is 0. The molecule has 2 rings (SSSR count). The van der Waals surface area contributed by atoms with Crippen LogP contribution in [-0.4, -0.2) is 20.0 Å². The quantitative estimate of drug-likeness (QED) is 0.443. The maximum atomic E-state index is 12.3. The van der Waals surface area contributed by atoms with E-state index < -0.39 is 25.8 Å². The summed E-state index contributed by atoms with van der Waals surface area (Å²) in [4.78, 5) is 11.5. The molecule has 0 amide bonds. The number of nitrogens with zero attached hydrogens (tertiary/aromatic N) is 2. The Morgan fingerprint density at radius 3 is 2.39 bits per heavy atom. The van der Waals surface area contributed by atoms with Crippen LogP contribution in [0.5, 0.6) is 0 Å². The molecule has 0 aromatic carbocycles. The van der Waals surface area contributed by atoms with E-state index in [-0.39, 0.29) is 53.9 Å². The second-order valence-corrected chi connectivity index (χ2v) is 5.82. The molecular formula is C12H11N5O4SY-2. The van der Waals surface area contributed by atoms with Crippen molar-refractivity contribution in [2.75, 3.05) is 7.05 Å². The van der Waals surface area contributed by atoms with Crippen LogP contribution in [0.2, 0.25) is 0 Å². The third-order valence-corrected chi connectivity index (χ3v) is 3.94. The Labute approximate surface area is 155 Å². The standard InChI is InChI=1S/C12H13N5O4S.Y/c1-5-3-6-4-7(22(19,20)21)11(16-14)12(18)8(6)9(13)10(5)17-15-2;/h3-4H,1-2H3,(H5,13,14,15,18,19,20,21);/p-2. The fraction of sp³-hybridized carbons (Fsp3) is 0.167. The van der Waals surface area contributed by atoms with Crippen LogP contribution in [0.4, 0.5) is 0 Å². The SMILES string of the molecule is CNN=c1c(C)cc2cc(S(=O)(=O)[O-])/c(=N/[NH-])c(=O)c=2c1=N.[Y]. The molecule has 0 saturated heterocycles. The Hall–Kier alpha value is -1.49. The first-order chi connectivity index (χ1) is 10.2. The molecular weight excluding hydrogens is 399 g/mol. The molecule has 2 aliphatic rings. The summed E-state index contributed by atoms with van der Waals surface area (Å²) in [6.45, 7) is 1.63. The van der Waals surface area contributed by atoms with Crippen molar-refractivity contribution in [3.63, 3.8) is 0 Å². The molecule has 0 aromatic rings. The predicted molar refractivity (Wildman–Crippen MR) is 73.4 cm³/mol. The van der Waals surface area contributed by atoms with Crippen molar-refractivity contribution in [1.29, 1.82) is 5.41 Å². The second kappa shape index (κ2) is 6.95. The molecule has 0 fully saturated rings. The Kier molecular flexibility index (Phi) is 5.91. The third-order valence-electron chi connectivity index (χ3n) is 3.09. The van der Waals surface area contributed by atoms with E-state index in [2.05, 4.69) is 15.6 Å². The number of hydrogen-bond acceptors (Lipinski definition) is 8. The first-order valence-corrected chi connectivity index (χ1v) is 7.37. The molecule has 11 heteroatoms. The zero-order valence-electron chi connectivity index (χ0n) is 12.2. The molecule has 3 N–H and O–H groups in total. The predicted octanol–water partition coefficient (Wildman–Crippen LogP) is -1.76. The normalized spacial score (nSPS) is 13.2. The van der Waals surface area contributed by atoms with Crippen LogP contribution >= 0.6 is 0 Å². The maximum Gasteiger partial charge on any atom is 0.213 e. The largest absolute Gasteiger partial charge is 0.744 e. The van der Waals surface area contributed by atoms with Gasteiger partial charge >= 0.3 is 0 Å². The number of aryl methyl sites for hydroxylation is 1. The van der Waals surface area contributed by atoms with E-state index in [9.17, 15) is 17.8 Å². The maximum absolute atomic E-state index is 12.3. The van der Waals surface area contributed by atoms with E-state index >= 15 is 0 Å². The van der Waals surface area contributed by atoms with E-state index in [0.29, 0.717) is 5.56 Å². The third kappa shape index (κ3) is 3.39. The van der Waals surface area contributed by atoms with E-state index in [1.807, 2.05) is 0 Å². The van der Waals surface area contributed by atoms with Crippen molar-refractivity contribution < 1.29 is 45.7 Å². The molecule has 0 aliphatic heterocycles. The van der Waals surface area contributed by atoms with Crippen LogP contribution in [0.15, 0.2) is 32.0 Å². The van der Waals surface area contributed by atoms with Gasteiger partial charge in [-0.1, -0.05) is 0 Å². The number of nitrogens with one attached hydrogen (secondary N) is 3. The molecule has 0 unspecified atom stereocenters. The van der Waals surface area contributed by atoms with Crippen molar-refractivity contribution in [2.24, 2.45) is 10.2 Å². The molecule has 119 valence electrons. The zero-order valence-corrected chi connectivity index (χ0v) is 15.8. The molecule has 0 bridgehead atoms. The fourth-order valence-corrected chi connectivity index (χ4v) is 2.83. The zero-order chi connectivity index (χ0) is 16.7. The van der Waals surface area contributed by atoms with Crippen molar-refractivity contribution in [3.8, 4) is 0 Å². The van der Waals surface area contributed by atoms with Crippen LogP contribution in [0, 0.1) is 22.8 Å². The van der Waals surface area contributed by atoms with Crippen molar-refractivity contribution >= 4 is 10.1 Å². The van der Waals surface area contributed by atoms with Gasteiger partial charge in [0.2, 0.25) is 5.43 Å². The van der Waals surface area contributed by atoms with Crippen LogP contribution in [0.1, 0.15) is 5.56 Å². The minimum absolute atomic E-state index is 0. The van der Waals surface area contributed by atoms with Crippen LogP contribution in [0.3, 0.4) is 0 Å². The Morgan fingerprint density at radius 1 is 1.30 bits per heavy atom. The number of hydrogen-bond donors (Lipinski definition) is 2. The van der Waals surface area contributed by atoms with E-state index in [1.165, 1.54) is 13.1 Å². The van der Waals surface area contributed by atoms with E-state index in [4.69, 9.17) is 11.3 Å². The summed E-state index contributed by atoms with van der Waals surface area (Å²) in [6.07, 6.45) is 0. The van der Waals surface area contributed by atoms with E-state index in [0.717, 1.165) is 6.07 Å². The van der Waals surface area contributed by atoms with Gasteiger partial charge in [-0.05, 0) is 29.8 Å². The van der Waals surface area contributed by atoms with Gasteiger partial charge in [-0.3, -0.25) is 10.2 Å². The van der Waals surface area contributed by atoms with Crippen LogP contribution in [0.25, 0.3) is 5.84 Å². The first-order valence-electron chi connectivity index (χ1n) is 5.96. The summed E-state index contributed by atoms with van der Waals surface area (Å²) in [5.41, 5.74) is 2.08. The molecule has 9 nitrogen and oxygen atoms in total. The molecule has 0 spiro atoms. The molecule has 0 saturated carbocycles. The van der Waals surface area contributed by atoms with Gasteiger partial charge in [0.25, 0.3) is 0 Å². The Morgan fingerprint density at radius 2 is 1.91 bits per heavy atom. The van der Waals surface area contributed by atoms with Gasteiger partial charge in [0.1, 0.15) is 20.8 Å². The van der Waals surface area contributed by atoms with Crippen LogP contribution < -0.4 is 26.9 Å². The minimum Gasteiger partial charge on any atom is -0.744 e. The van der Waals surface area contributed by atoms with Crippen molar-refractivity contribution in [2.45, 2.75) is 11.8 Å². The van der Waals surface area contributed by atoms with Gasteiger partial charge in [-0.15, -0.1) is 0 Å². The first kappa shape index (κ1) is 19.6. The molecule has 2 aliphatic carbocycles. The van der Waals surface area contributed by atoms with Crippen molar-refractivity contribution in [1.82, 2.24) is 5.43 Å². The van der Waals surface area contributed by atoms with Gasteiger partial charge in [-0.25, -0.2) is 8.42 Å². The minimum atomic E-state index is -4.97. The molecule has 0 aromatic heterocycles. The van der Waals surface area contributed by atoms with Gasteiger partial charge < -0.3 is 20.9 Å². The average molecular weight is 410 g/mol. The summed E-state index contributed by atoms with van der Waals surface area (Å²) in [7, 11) is -3.44. The monoisotopic (exact) mass is 410 g/mol. The summed E-state index contributed by atoms with van der Waals surface area (Å²) < 4.78 is 33.7. The van der Waals surface area contributed by atoms with Crippen LogP contribution in [-0.2, 0) is 42.8 Å². The molecule has 23 heavy (non-hydrogen) atoms. The van der Waals surface area contributed by atoms with E-state index in [1.54, 1.807) is 6.92 Å². The van der Waals surface area contributed by atoms with Gasteiger partial charge in [-0.2, -0.15) is 5.10 Å². The molecule has 1 radical (unpaired) electrons. The Balaban J connectivity index is 0.00000264. The second-order valence-electron chi connectivity index (χ2n) is 4.47. The van der Waals surface area contributed by atoms with Gasteiger partial charge in [0.05, 0.1) is 15.5 Å². The summed E-state index contributed by atoms with van der Waals surface area (Å²) in [6, 6.07) is 2.41. The summed E-state index contributed by atoms with van der Waals surface area (Å²) in [5, 5.41) is 14.0. The Bertz CT molecular complexity index is 1150. The van der Waals surface area contributed by atoms with Gasteiger partial charge in [0, 0.05) is 39.8 Å². The average Bonchev–Trinajstić information content (AvgIpc) is 2.41. The fourth-order valence-electron chi connectivity index (χ4n) is 2.18. The topological polar surface area (TPSA) is 159 Å². The smallest absolute Gasteiger partial charge is 0.213 e. The summed E-state index contributed by atoms with van der Waals surface area (Å²) in [5.74, 6) is 6.95. The molecule has 0 heterocycles. The number of rotatable bonds is 2. The molecule has 0 atom stereocenters. The van der Waals surface area contributed by atoms with Crippen molar-refractivity contribution in [3.05, 3.63) is 60.3 Å². The van der Waals surface area contributed by atoms with Gasteiger partial charge in [0.15, 0.2) is 0 Å².